The van der Waals surface area contributed by atoms with Crippen molar-refractivity contribution >= 4 is 17.5 Å². The van der Waals surface area contributed by atoms with Crippen LogP contribution in [-0.2, 0) is 4.79 Å². The van der Waals surface area contributed by atoms with E-state index in [4.69, 9.17) is 11.6 Å². The fourth-order valence-electron chi connectivity index (χ4n) is 1.68. The molecule has 0 heterocycles. The van der Waals surface area contributed by atoms with Crippen LogP contribution in [0.3, 0.4) is 0 Å². The summed E-state index contributed by atoms with van der Waals surface area (Å²) in [5.41, 5.74) is 3.11. The van der Waals surface area contributed by atoms with Crippen LogP contribution >= 0.6 is 11.6 Å². The molecular formula is C13H16ClNO. The fourth-order valence-corrected chi connectivity index (χ4v) is 1.97. The fraction of sp³-hybridized carbons (Fsp3) is 0.462. The molecule has 1 unspecified atom stereocenters. The maximum Gasteiger partial charge on any atom is 0.242 e. The molecule has 2 rings (SSSR count). The monoisotopic (exact) mass is 237 g/mol. The molecule has 2 nitrogen and oxygen atoms in total. The smallest absolute Gasteiger partial charge is 0.242 e. The standard InChI is InChI=1S/C13H16ClNO/c1-8-3-4-9(2)11(7-8)12(14)13(16)15-10-5-6-10/h3-4,7,10,12H,5-6H2,1-2H3,(H,15,16). The number of nitrogens with one attached hydrogen (secondary N) is 1. The molecule has 16 heavy (non-hydrogen) atoms. The number of rotatable bonds is 3. The van der Waals surface area contributed by atoms with Crippen molar-refractivity contribution < 1.29 is 4.79 Å². The van der Waals surface area contributed by atoms with Crippen LogP contribution in [0.15, 0.2) is 18.2 Å². The van der Waals surface area contributed by atoms with E-state index in [0.717, 1.165) is 29.5 Å². The molecule has 86 valence electrons. The molecule has 1 saturated carbocycles. The zero-order valence-corrected chi connectivity index (χ0v) is 10.3. The van der Waals surface area contributed by atoms with Crippen molar-refractivity contribution in [2.75, 3.05) is 0 Å². The first kappa shape index (κ1) is 11.5. The molecule has 1 amide bonds. The van der Waals surface area contributed by atoms with Gasteiger partial charge in [-0.05, 0) is 37.8 Å². The van der Waals surface area contributed by atoms with Crippen molar-refractivity contribution in [2.45, 2.75) is 38.1 Å². The Labute approximate surface area is 101 Å². The van der Waals surface area contributed by atoms with Gasteiger partial charge in [0, 0.05) is 6.04 Å². The average molecular weight is 238 g/mol. The lowest BCUT2D eigenvalue weighted by molar-refractivity contribution is -0.121. The minimum atomic E-state index is -0.569. The molecule has 1 aliphatic rings. The van der Waals surface area contributed by atoms with E-state index in [-0.39, 0.29) is 5.91 Å². The first-order valence-corrected chi connectivity index (χ1v) is 6.03. The van der Waals surface area contributed by atoms with E-state index in [2.05, 4.69) is 5.32 Å². The Morgan fingerprint density at radius 2 is 2.12 bits per heavy atom. The Morgan fingerprint density at radius 1 is 1.44 bits per heavy atom. The number of amides is 1. The van der Waals surface area contributed by atoms with Gasteiger partial charge in [-0.3, -0.25) is 4.79 Å². The van der Waals surface area contributed by atoms with E-state index in [1.54, 1.807) is 0 Å². The molecule has 3 heteroatoms. The van der Waals surface area contributed by atoms with Crippen molar-refractivity contribution in [3.8, 4) is 0 Å². The van der Waals surface area contributed by atoms with Crippen molar-refractivity contribution in [1.82, 2.24) is 5.32 Å². The third-order valence-corrected chi connectivity index (χ3v) is 3.30. The number of carbonyl (C=O) groups excluding carboxylic acids is 1. The summed E-state index contributed by atoms with van der Waals surface area (Å²) in [5.74, 6) is -0.0714. The summed E-state index contributed by atoms with van der Waals surface area (Å²) in [5, 5.41) is 2.36. The van der Waals surface area contributed by atoms with Crippen LogP contribution in [-0.4, -0.2) is 11.9 Å². The largest absolute Gasteiger partial charge is 0.352 e. The lowest BCUT2D eigenvalue weighted by Crippen LogP contribution is -2.29. The Bertz CT molecular complexity index is 412. The summed E-state index contributed by atoms with van der Waals surface area (Å²) < 4.78 is 0. The maximum atomic E-state index is 11.8. The summed E-state index contributed by atoms with van der Waals surface area (Å²) in [7, 11) is 0. The zero-order valence-electron chi connectivity index (χ0n) is 9.59. The summed E-state index contributed by atoms with van der Waals surface area (Å²) in [6, 6.07) is 6.38. The van der Waals surface area contributed by atoms with Gasteiger partial charge in [-0.15, -0.1) is 11.6 Å². The normalized spacial score (nSPS) is 16.9. The number of aryl methyl sites for hydroxylation is 2. The summed E-state index contributed by atoms with van der Waals surface area (Å²) in [6.07, 6.45) is 2.17. The molecule has 0 bridgehead atoms. The molecule has 1 fully saturated rings. The molecule has 0 saturated heterocycles. The highest BCUT2D eigenvalue weighted by atomic mass is 35.5. The van der Waals surface area contributed by atoms with Crippen molar-refractivity contribution in [1.29, 1.82) is 0 Å². The van der Waals surface area contributed by atoms with Crippen LogP contribution in [0.2, 0.25) is 0 Å². The number of alkyl halides is 1. The summed E-state index contributed by atoms with van der Waals surface area (Å²) in [4.78, 5) is 11.8. The third-order valence-electron chi connectivity index (χ3n) is 2.86. The molecule has 1 N–H and O–H groups in total. The Kier molecular flexibility index (Phi) is 3.20. The number of halogens is 1. The van der Waals surface area contributed by atoms with E-state index >= 15 is 0 Å². The van der Waals surface area contributed by atoms with Gasteiger partial charge in [0.15, 0.2) is 0 Å². The SMILES string of the molecule is Cc1ccc(C)c(C(Cl)C(=O)NC2CC2)c1. The average Bonchev–Trinajstić information content (AvgIpc) is 3.04. The Hall–Kier alpha value is -1.02. The zero-order chi connectivity index (χ0) is 11.7. The van der Waals surface area contributed by atoms with E-state index in [1.807, 2.05) is 32.0 Å². The lowest BCUT2D eigenvalue weighted by atomic mass is 10.0. The molecule has 0 aromatic heterocycles. The van der Waals surface area contributed by atoms with Crippen molar-refractivity contribution in [3.63, 3.8) is 0 Å². The predicted octanol–water partition coefficient (Wildman–Crippen LogP) is 2.86. The van der Waals surface area contributed by atoms with Gasteiger partial charge in [0.05, 0.1) is 0 Å². The highest BCUT2D eigenvalue weighted by Gasteiger charge is 2.27. The topological polar surface area (TPSA) is 29.1 Å². The van der Waals surface area contributed by atoms with Gasteiger partial charge in [-0.2, -0.15) is 0 Å². The van der Waals surface area contributed by atoms with Crippen LogP contribution in [0.25, 0.3) is 0 Å². The Morgan fingerprint density at radius 3 is 2.75 bits per heavy atom. The van der Waals surface area contributed by atoms with Crippen molar-refractivity contribution in [2.24, 2.45) is 0 Å². The highest BCUT2D eigenvalue weighted by Crippen LogP contribution is 2.27. The molecular weight excluding hydrogens is 222 g/mol. The van der Waals surface area contributed by atoms with Crippen molar-refractivity contribution in [3.05, 3.63) is 34.9 Å². The number of hydrogen-bond donors (Lipinski definition) is 1. The molecule has 1 aliphatic carbocycles. The van der Waals surface area contributed by atoms with Gasteiger partial charge < -0.3 is 5.32 Å². The second kappa shape index (κ2) is 4.46. The van der Waals surface area contributed by atoms with Crippen LogP contribution in [0, 0.1) is 13.8 Å². The third kappa shape index (κ3) is 2.56. The molecule has 0 aliphatic heterocycles. The highest BCUT2D eigenvalue weighted by molar-refractivity contribution is 6.30. The molecule has 0 radical (unpaired) electrons. The van der Waals surface area contributed by atoms with Crippen LogP contribution in [0.4, 0.5) is 0 Å². The second-order valence-electron chi connectivity index (χ2n) is 4.51. The van der Waals surface area contributed by atoms with E-state index in [9.17, 15) is 4.79 Å². The number of hydrogen-bond acceptors (Lipinski definition) is 1. The van der Waals surface area contributed by atoms with Crippen LogP contribution < -0.4 is 5.32 Å². The second-order valence-corrected chi connectivity index (χ2v) is 4.94. The van der Waals surface area contributed by atoms with Gasteiger partial charge in [-0.1, -0.05) is 23.8 Å². The molecule has 1 aromatic rings. The quantitative estimate of drug-likeness (QED) is 0.805. The van der Waals surface area contributed by atoms with Gasteiger partial charge in [0.25, 0.3) is 0 Å². The number of carbonyl (C=O) groups is 1. The van der Waals surface area contributed by atoms with Gasteiger partial charge in [0.2, 0.25) is 5.91 Å². The summed E-state index contributed by atoms with van der Waals surface area (Å²) >= 11 is 6.19. The molecule has 0 spiro atoms. The molecule has 1 atom stereocenters. The summed E-state index contributed by atoms with van der Waals surface area (Å²) in [6.45, 7) is 3.99. The van der Waals surface area contributed by atoms with Gasteiger partial charge in [0.1, 0.15) is 5.38 Å². The molecule has 1 aromatic carbocycles. The number of benzene rings is 1. The van der Waals surface area contributed by atoms with E-state index < -0.39 is 5.38 Å². The van der Waals surface area contributed by atoms with Gasteiger partial charge in [-0.25, -0.2) is 0 Å². The van der Waals surface area contributed by atoms with E-state index in [1.165, 1.54) is 0 Å². The first-order chi connectivity index (χ1) is 7.58. The first-order valence-electron chi connectivity index (χ1n) is 5.59. The lowest BCUT2D eigenvalue weighted by Gasteiger charge is -2.13. The maximum absolute atomic E-state index is 11.8. The predicted molar refractivity (Wildman–Crippen MR) is 65.7 cm³/mol. The van der Waals surface area contributed by atoms with Crippen LogP contribution in [0.1, 0.15) is 34.9 Å². The minimum Gasteiger partial charge on any atom is -0.352 e. The van der Waals surface area contributed by atoms with Gasteiger partial charge >= 0.3 is 0 Å². The minimum absolute atomic E-state index is 0.0714. The van der Waals surface area contributed by atoms with Crippen LogP contribution in [0.5, 0.6) is 0 Å². The Balaban J connectivity index is 2.14. The van der Waals surface area contributed by atoms with E-state index in [0.29, 0.717) is 6.04 Å².